The number of hydrogen-bond donors (Lipinski definition) is 3. The number of nitrogens with one attached hydrogen (secondary N) is 2. The largest absolute Gasteiger partial charge is 0.480 e. The number of carboxylic acid groups (broad SMARTS) is 1. The molecule has 2 atom stereocenters. The summed E-state index contributed by atoms with van der Waals surface area (Å²) >= 11 is 0. The Bertz CT molecular complexity index is 568. The molecule has 8 nitrogen and oxygen atoms in total. The third-order valence-electron chi connectivity index (χ3n) is 4.48. The second kappa shape index (κ2) is 9.71. The van der Waals surface area contributed by atoms with Gasteiger partial charge in [-0.2, -0.15) is 0 Å². The van der Waals surface area contributed by atoms with Crippen molar-refractivity contribution in [2.75, 3.05) is 19.6 Å². The maximum Gasteiger partial charge on any atom is 0.326 e. The van der Waals surface area contributed by atoms with Crippen molar-refractivity contribution >= 4 is 23.7 Å². The molecule has 1 rings (SSSR count). The second-order valence-electron chi connectivity index (χ2n) is 8.65. The Balaban J connectivity index is 2.52. The van der Waals surface area contributed by atoms with Crippen LogP contribution in [0.15, 0.2) is 0 Å². The quantitative estimate of drug-likeness (QED) is 0.607. The average molecular weight is 383 g/mol. The molecule has 1 aliphatic rings. The predicted octanol–water partition coefficient (Wildman–Crippen LogP) is 1.00. The number of carbonyl (C=O) groups is 4. The Kier molecular flexibility index (Phi) is 8.24. The van der Waals surface area contributed by atoms with Crippen LogP contribution in [0.25, 0.3) is 0 Å². The van der Waals surface area contributed by atoms with Gasteiger partial charge in [-0.3, -0.25) is 14.4 Å². The van der Waals surface area contributed by atoms with Crippen molar-refractivity contribution in [3.8, 4) is 0 Å². The number of rotatable bonds is 7. The number of likely N-dealkylation sites (tertiary alicyclic amines) is 1. The van der Waals surface area contributed by atoms with Gasteiger partial charge in [-0.15, -0.1) is 0 Å². The van der Waals surface area contributed by atoms with Crippen molar-refractivity contribution in [2.24, 2.45) is 17.3 Å². The molecule has 27 heavy (non-hydrogen) atoms. The van der Waals surface area contributed by atoms with Gasteiger partial charge < -0.3 is 20.6 Å². The highest BCUT2D eigenvalue weighted by atomic mass is 16.4. The monoisotopic (exact) mass is 383 g/mol. The molecule has 0 bridgehead atoms. The van der Waals surface area contributed by atoms with Crippen LogP contribution in [0.4, 0.5) is 0 Å². The number of carbonyl (C=O) groups excluding carboxylic acids is 3. The minimum atomic E-state index is -1.09. The molecule has 1 saturated heterocycles. The SMILES string of the molecule is CC(C)C[C@H](NC(=O)CNC(=O)C1CCCN(C(=O)C(C)(C)C)C1)C(=O)O. The van der Waals surface area contributed by atoms with Gasteiger partial charge in [0.25, 0.3) is 0 Å². The molecular weight excluding hydrogens is 350 g/mol. The molecule has 3 amide bonds. The lowest BCUT2D eigenvalue weighted by Gasteiger charge is -2.35. The van der Waals surface area contributed by atoms with Gasteiger partial charge in [0.15, 0.2) is 0 Å². The minimum Gasteiger partial charge on any atom is -0.480 e. The summed E-state index contributed by atoms with van der Waals surface area (Å²) in [6.45, 7) is 9.99. The predicted molar refractivity (Wildman–Crippen MR) is 101 cm³/mol. The number of amides is 3. The first-order valence-electron chi connectivity index (χ1n) is 9.51. The number of hydrogen-bond acceptors (Lipinski definition) is 4. The molecular formula is C19H33N3O5. The van der Waals surface area contributed by atoms with Crippen LogP contribution in [-0.4, -0.2) is 59.4 Å². The van der Waals surface area contributed by atoms with Crippen molar-refractivity contribution in [1.82, 2.24) is 15.5 Å². The fourth-order valence-corrected chi connectivity index (χ4v) is 3.10. The first-order chi connectivity index (χ1) is 12.4. The van der Waals surface area contributed by atoms with Crippen LogP contribution >= 0.6 is 0 Å². The van der Waals surface area contributed by atoms with Crippen LogP contribution in [-0.2, 0) is 19.2 Å². The van der Waals surface area contributed by atoms with E-state index >= 15 is 0 Å². The molecule has 0 spiro atoms. The molecule has 8 heteroatoms. The fourth-order valence-electron chi connectivity index (χ4n) is 3.10. The van der Waals surface area contributed by atoms with E-state index < -0.39 is 23.3 Å². The fraction of sp³-hybridized carbons (Fsp3) is 0.789. The standard InChI is InChI=1S/C19H33N3O5/c1-12(2)9-14(17(25)26)21-15(23)10-20-16(24)13-7-6-8-22(11-13)18(27)19(3,4)5/h12-14H,6-11H2,1-5H3,(H,20,24)(H,21,23)(H,25,26)/t13?,14-/m0/s1. The Morgan fingerprint density at radius 3 is 2.33 bits per heavy atom. The van der Waals surface area contributed by atoms with E-state index in [2.05, 4.69) is 10.6 Å². The van der Waals surface area contributed by atoms with Gasteiger partial charge in [-0.25, -0.2) is 4.79 Å². The van der Waals surface area contributed by atoms with E-state index in [0.717, 1.165) is 6.42 Å². The molecule has 154 valence electrons. The Morgan fingerprint density at radius 2 is 1.81 bits per heavy atom. The summed E-state index contributed by atoms with van der Waals surface area (Å²) in [4.78, 5) is 49.7. The Morgan fingerprint density at radius 1 is 1.19 bits per heavy atom. The van der Waals surface area contributed by atoms with Crippen molar-refractivity contribution in [1.29, 1.82) is 0 Å². The van der Waals surface area contributed by atoms with Crippen molar-refractivity contribution < 1.29 is 24.3 Å². The summed E-state index contributed by atoms with van der Waals surface area (Å²) in [6, 6.07) is -0.969. The smallest absolute Gasteiger partial charge is 0.326 e. The highest BCUT2D eigenvalue weighted by Gasteiger charge is 2.33. The van der Waals surface area contributed by atoms with E-state index in [1.807, 2.05) is 34.6 Å². The van der Waals surface area contributed by atoms with Gasteiger partial charge in [0.05, 0.1) is 12.5 Å². The van der Waals surface area contributed by atoms with E-state index in [-0.39, 0.29) is 30.2 Å². The lowest BCUT2D eigenvalue weighted by molar-refractivity contribution is -0.143. The third kappa shape index (κ3) is 7.56. The maximum absolute atomic E-state index is 12.4. The zero-order valence-electron chi connectivity index (χ0n) is 17.0. The summed E-state index contributed by atoms with van der Waals surface area (Å²) in [5, 5.41) is 14.2. The van der Waals surface area contributed by atoms with E-state index in [1.54, 1.807) is 4.90 Å². The molecule has 1 heterocycles. The molecule has 3 N–H and O–H groups in total. The summed E-state index contributed by atoms with van der Waals surface area (Å²) in [6.07, 6.45) is 1.72. The van der Waals surface area contributed by atoms with Gasteiger partial charge >= 0.3 is 5.97 Å². The van der Waals surface area contributed by atoms with Crippen LogP contribution < -0.4 is 10.6 Å². The molecule has 1 aliphatic heterocycles. The van der Waals surface area contributed by atoms with Crippen LogP contribution in [0, 0.1) is 17.3 Å². The minimum absolute atomic E-state index is 0.00993. The molecule has 0 aromatic rings. The maximum atomic E-state index is 12.4. The first-order valence-corrected chi connectivity index (χ1v) is 9.51. The van der Waals surface area contributed by atoms with Gasteiger partial charge in [-0.1, -0.05) is 34.6 Å². The molecule has 0 radical (unpaired) electrons. The molecule has 0 saturated carbocycles. The van der Waals surface area contributed by atoms with E-state index in [9.17, 15) is 19.2 Å². The second-order valence-corrected chi connectivity index (χ2v) is 8.65. The summed E-state index contributed by atoms with van der Waals surface area (Å²) in [5.41, 5.74) is -0.499. The molecule has 1 fully saturated rings. The lowest BCUT2D eigenvalue weighted by atomic mass is 9.91. The van der Waals surface area contributed by atoms with Crippen LogP contribution in [0.2, 0.25) is 0 Å². The highest BCUT2D eigenvalue weighted by Crippen LogP contribution is 2.23. The molecule has 0 aromatic heterocycles. The van der Waals surface area contributed by atoms with Crippen LogP contribution in [0.5, 0.6) is 0 Å². The van der Waals surface area contributed by atoms with E-state index in [4.69, 9.17) is 5.11 Å². The first kappa shape index (κ1) is 22.9. The normalized spacial score (nSPS) is 18.7. The number of aliphatic carboxylic acids is 1. The summed E-state index contributed by atoms with van der Waals surface area (Å²) in [5.74, 6) is -2.14. The Hall–Kier alpha value is -2.12. The van der Waals surface area contributed by atoms with E-state index in [1.165, 1.54) is 0 Å². The van der Waals surface area contributed by atoms with Crippen molar-refractivity contribution in [3.63, 3.8) is 0 Å². The van der Waals surface area contributed by atoms with E-state index in [0.29, 0.717) is 25.9 Å². The lowest BCUT2D eigenvalue weighted by Crippen LogP contribution is -2.50. The molecule has 1 unspecified atom stereocenters. The number of nitrogens with zero attached hydrogens (tertiary/aromatic N) is 1. The van der Waals surface area contributed by atoms with Gasteiger partial charge in [0, 0.05) is 18.5 Å². The Labute approximate surface area is 161 Å². The van der Waals surface area contributed by atoms with Gasteiger partial charge in [0.2, 0.25) is 17.7 Å². The highest BCUT2D eigenvalue weighted by molar-refractivity contribution is 5.89. The van der Waals surface area contributed by atoms with Crippen molar-refractivity contribution in [3.05, 3.63) is 0 Å². The number of carboxylic acids is 1. The molecule has 0 aromatic carbocycles. The summed E-state index contributed by atoms with van der Waals surface area (Å²) in [7, 11) is 0. The van der Waals surface area contributed by atoms with Gasteiger partial charge in [0.1, 0.15) is 6.04 Å². The third-order valence-corrected chi connectivity index (χ3v) is 4.48. The van der Waals surface area contributed by atoms with Crippen LogP contribution in [0.3, 0.4) is 0 Å². The topological polar surface area (TPSA) is 116 Å². The van der Waals surface area contributed by atoms with Crippen molar-refractivity contribution in [2.45, 2.75) is 59.9 Å². The number of piperidine rings is 1. The molecule has 0 aliphatic carbocycles. The van der Waals surface area contributed by atoms with Crippen LogP contribution in [0.1, 0.15) is 53.9 Å². The zero-order chi connectivity index (χ0) is 20.8. The summed E-state index contributed by atoms with van der Waals surface area (Å²) < 4.78 is 0. The average Bonchev–Trinajstić information content (AvgIpc) is 2.57. The van der Waals surface area contributed by atoms with Gasteiger partial charge in [-0.05, 0) is 25.2 Å². The zero-order valence-corrected chi connectivity index (χ0v) is 17.0.